The van der Waals surface area contributed by atoms with Crippen LogP contribution < -0.4 is 5.32 Å². The molecule has 0 bridgehead atoms. The normalized spacial score (nSPS) is 15.4. The maximum atomic E-state index is 13.7. The maximum absolute atomic E-state index is 13.7. The second-order valence-electron chi connectivity index (χ2n) is 8.43. The second kappa shape index (κ2) is 9.99. The Labute approximate surface area is 195 Å². The number of amides is 1. The number of nitrogens with one attached hydrogen (secondary N) is 1. The van der Waals surface area contributed by atoms with Crippen molar-refractivity contribution < 1.29 is 23.5 Å². The lowest BCUT2D eigenvalue weighted by atomic mass is 10.0. The molecule has 1 amide bonds. The largest absolute Gasteiger partial charge is 0.480 e. The van der Waals surface area contributed by atoms with Gasteiger partial charge in [-0.2, -0.15) is 5.10 Å². The van der Waals surface area contributed by atoms with Crippen molar-refractivity contribution >= 4 is 23.5 Å². The van der Waals surface area contributed by atoms with Crippen LogP contribution in [0.15, 0.2) is 48.5 Å². The van der Waals surface area contributed by atoms with Gasteiger partial charge >= 0.3 is 5.97 Å². The van der Waals surface area contributed by atoms with E-state index in [2.05, 4.69) is 10.4 Å². The molecular weight excluding hydrogens is 440 g/mol. The number of aliphatic carboxylic acids is 1. The smallest absolute Gasteiger partial charge is 0.326 e. The Hall–Kier alpha value is -3.81. The zero-order valence-corrected chi connectivity index (χ0v) is 18.7. The summed E-state index contributed by atoms with van der Waals surface area (Å²) in [6, 6.07) is 10.6. The number of hydrogen-bond donors (Lipinski definition) is 2. The third-order valence-corrected chi connectivity index (χ3v) is 5.93. The van der Waals surface area contributed by atoms with Gasteiger partial charge in [-0.3, -0.25) is 9.48 Å². The minimum absolute atomic E-state index is 0.0150. The number of carbonyl (C=O) groups excluding carboxylic acids is 1. The minimum atomic E-state index is -1.19. The fourth-order valence-electron chi connectivity index (χ4n) is 4.35. The van der Waals surface area contributed by atoms with Crippen LogP contribution in [0.1, 0.15) is 52.1 Å². The van der Waals surface area contributed by atoms with Crippen LogP contribution in [0.25, 0.3) is 11.6 Å². The summed E-state index contributed by atoms with van der Waals surface area (Å²) in [6.45, 7) is 0. The van der Waals surface area contributed by atoms with Crippen molar-refractivity contribution in [1.82, 2.24) is 15.1 Å². The van der Waals surface area contributed by atoms with Gasteiger partial charge < -0.3 is 10.4 Å². The molecule has 1 aromatic heterocycles. The first-order valence-corrected chi connectivity index (χ1v) is 11.1. The number of aryl methyl sites for hydroxylation is 1. The number of carboxylic acid groups (broad SMARTS) is 1. The summed E-state index contributed by atoms with van der Waals surface area (Å²) >= 11 is 0. The number of hydrogen-bond acceptors (Lipinski definition) is 3. The summed E-state index contributed by atoms with van der Waals surface area (Å²) in [6.07, 6.45) is 5.05. The van der Waals surface area contributed by atoms with Crippen molar-refractivity contribution in [3.63, 3.8) is 0 Å². The third-order valence-electron chi connectivity index (χ3n) is 5.93. The Morgan fingerprint density at radius 3 is 2.56 bits per heavy atom. The molecular formula is C26H25F2N3O3. The van der Waals surface area contributed by atoms with E-state index in [1.165, 1.54) is 36.4 Å². The molecule has 0 fully saturated rings. The van der Waals surface area contributed by atoms with Crippen LogP contribution in [-0.4, -0.2) is 32.8 Å². The average molecular weight is 466 g/mol. The summed E-state index contributed by atoms with van der Waals surface area (Å²) in [5.74, 6) is -2.50. The highest BCUT2D eigenvalue weighted by Crippen LogP contribution is 2.33. The molecule has 0 saturated carbocycles. The van der Waals surface area contributed by atoms with E-state index < -0.39 is 23.7 Å². The van der Waals surface area contributed by atoms with Gasteiger partial charge in [0.05, 0.1) is 5.69 Å². The molecule has 2 aromatic carbocycles. The Morgan fingerprint density at radius 1 is 1.12 bits per heavy atom. The van der Waals surface area contributed by atoms with E-state index in [-0.39, 0.29) is 17.9 Å². The molecule has 8 heteroatoms. The Balaban J connectivity index is 1.63. The van der Waals surface area contributed by atoms with E-state index in [4.69, 9.17) is 0 Å². The average Bonchev–Trinajstić information content (AvgIpc) is 2.98. The number of benzene rings is 2. The van der Waals surface area contributed by atoms with Crippen LogP contribution in [0.5, 0.6) is 0 Å². The highest BCUT2D eigenvalue weighted by atomic mass is 19.1. The summed E-state index contributed by atoms with van der Waals surface area (Å²) < 4.78 is 28.5. The molecule has 3 aromatic rings. The molecule has 0 aliphatic heterocycles. The number of carboxylic acids is 1. The number of allylic oxidation sites excluding steroid dienone is 1. The molecule has 1 atom stereocenters. The molecule has 1 heterocycles. The molecule has 34 heavy (non-hydrogen) atoms. The predicted molar refractivity (Wildman–Crippen MR) is 124 cm³/mol. The number of fused-ring (bicyclic) bond motifs is 1. The van der Waals surface area contributed by atoms with Crippen LogP contribution in [0.2, 0.25) is 0 Å². The minimum Gasteiger partial charge on any atom is -0.480 e. The quantitative estimate of drug-likeness (QED) is 0.529. The number of carbonyl (C=O) groups is 2. The van der Waals surface area contributed by atoms with Gasteiger partial charge in [0.2, 0.25) is 0 Å². The molecule has 0 saturated heterocycles. The molecule has 6 nitrogen and oxygen atoms in total. The highest BCUT2D eigenvalue weighted by molar-refractivity contribution is 5.98. The van der Waals surface area contributed by atoms with Crippen molar-refractivity contribution in [2.75, 3.05) is 0 Å². The molecule has 176 valence electrons. The van der Waals surface area contributed by atoms with Gasteiger partial charge in [-0.25, -0.2) is 13.6 Å². The zero-order valence-electron chi connectivity index (χ0n) is 18.7. The summed E-state index contributed by atoms with van der Waals surface area (Å²) in [5, 5.41) is 16.6. The topological polar surface area (TPSA) is 84.2 Å². The molecule has 0 radical (unpaired) electrons. The molecule has 0 unspecified atom stereocenters. The van der Waals surface area contributed by atoms with Gasteiger partial charge in [0.25, 0.3) is 5.91 Å². The van der Waals surface area contributed by atoms with E-state index in [0.717, 1.165) is 41.7 Å². The van der Waals surface area contributed by atoms with Crippen LogP contribution in [0.3, 0.4) is 0 Å². The van der Waals surface area contributed by atoms with E-state index in [1.54, 1.807) is 17.8 Å². The van der Waals surface area contributed by atoms with Crippen LogP contribution >= 0.6 is 0 Å². The Morgan fingerprint density at radius 2 is 1.85 bits per heavy atom. The van der Waals surface area contributed by atoms with Gasteiger partial charge in [-0.1, -0.05) is 24.3 Å². The zero-order chi connectivity index (χ0) is 24.2. The van der Waals surface area contributed by atoms with Crippen LogP contribution in [-0.2, 0) is 24.7 Å². The number of nitrogens with zero attached hydrogens (tertiary/aromatic N) is 2. The van der Waals surface area contributed by atoms with Crippen molar-refractivity contribution in [3.8, 4) is 0 Å². The summed E-state index contributed by atoms with van der Waals surface area (Å²) in [7, 11) is 1.74. The fourth-order valence-corrected chi connectivity index (χ4v) is 4.35. The SMILES string of the molecule is Cn1nc(C(=O)N[C@@H](Cc2ccc(F)cc2)C(=O)O)c2c1C(=Cc1cccc(F)c1)CCCC2. The van der Waals surface area contributed by atoms with Crippen molar-refractivity contribution in [3.05, 3.63) is 88.2 Å². The van der Waals surface area contributed by atoms with Crippen LogP contribution in [0, 0.1) is 11.6 Å². The van der Waals surface area contributed by atoms with Crippen molar-refractivity contribution in [2.45, 2.75) is 38.1 Å². The van der Waals surface area contributed by atoms with Gasteiger partial charge in [0.15, 0.2) is 5.69 Å². The molecule has 1 aliphatic carbocycles. The monoisotopic (exact) mass is 465 g/mol. The van der Waals surface area contributed by atoms with Gasteiger partial charge in [0, 0.05) is 19.0 Å². The lowest BCUT2D eigenvalue weighted by Gasteiger charge is -2.14. The van der Waals surface area contributed by atoms with Crippen LogP contribution in [0.4, 0.5) is 8.78 Å². The lowest BCUT2D eigenvalue weighted by molar-refractivity contribution is -0.139. The van der Waals surface area contributed by atoms with E-state index in [1.807, 2.05) is 12.1 Å². The van der Waals surface area contributed by atoms with Crippen molar-refractivity contribution in [2.24, 2.45) is 7.05 Å². The Kier molecular flexibility index (Phi) is 6.86. The second-order valence-corrected chi connectivity index (χ2v) is 8.43. The number of aromatic nitrogens is 2. The van der Waals surface area contributed by atoms with Gasteiger partial charge in [-0.05, 0) is 72.7 Å². The summed E-state index contributed by atoms with van der Waals surface area (Å²) in [5.41, 5.74) is 4.01. The summed E-state index contributed by atoms with van der Waals surface area (Å²) in [4.78, 5) is 24.9. The molecule has 4 rings (SSSR count). The van der Waals surface area contributed by atoms with Gasteiger partial charge in [-0.15, -0.1) is 0 Å². The standard InChI is InChI=1S/C26H25F2N3O3/c1-31-24-18(13-17-5-4-7-20(28)14-17)6-2-3-8-21(24)23(30-31)25(32)29-22(26(33)34)15-16-9-11-19(27)12-10-16/h4-5,7,9-14,22H,2-3,6,8,15H2,1H3,(H,29,32)(H,33,34)/t22-/m0/s1. The molecule has 2 N–H and O–H groups in total. The first-order chi connectivity index (χ1) is 16.3. The number of halogens is 2. The lowest BCUT2D eigenvalue weighted by Crippen LogP contribution is -2.42. The number of rotatable bonds is 6. The van der Waals surface area contributed by atoms with E-state index >= 15 is 0 Å². The predicted octanol–water partition coefficient (Wildman–Crippen LogP) is 4.39. The molecule has 0 spiro atoms. The fraction of sp³-hybridized carbons (Fsp3) is 0.269. The highest BCUT2D eigenvalue weighted by Gasteiger charge is 2.28. The third kappa shape index (κ3) is 5.22. The first-order valence-electron chi connectivity index (χ1n) is 11.1. The Bertz CT molecular complexity index is 1250. The van der Waals surface area contributed by atoms with Crippen molar-refractivity contribution in [1.29, 1.82) is 0 Å². The molecule has 1 aliphatic rings. The van der Waals surface area contributed by atoms with E-state index in [9.17, 15) is 23.5 Å². The maximum Gasteiger partial charge on any atom is 0.326 e. The first kappa shape index (κ1) is 23.4. The van der Waals surface area contributed by atoms with Gasteiger partial charge in [0.1, 0.15) is 17.7 Å². The van der Waals surface area contributed by atoms with E-state index in [0.29, 0.717) is 12.0 Å².